The third kappa shape index (κ3) is 11.8. The van der Waals surface area contributed by atoms with Crippen LogP contribution in [0.2, 0.25) is 0 Å². The number of carboxylic acids is 1. The van der Waals surface area contributed by atoms with Crippen molar-refractivity contribution in [2.24, 2.45) is 0 Å². The number of aromatic carboxylic acids is 1. The van der Waals surface area contributed by atoms with Gasteiger partial charge in [0.25, 0.3) is 0 Å². The molecule has 0 radical (unpaired) electrons. The zero-order chi connectivity index (χ0) is 30.0. The maximum atomic E-state index is 14.5. The Morgan fingerprint density at radius 3 is 1.83 bits per heavy atom. The summed E-state index contributed by atoms with van der Waals surface area (Å²) in [6.45, 7) is 2.72. The smallest absolute Gasteiger partial charge is 0.390 e. The molecule has 42 heavy (non-hydrogen) atoms. The average Bonchev–Trinajstić information content (AvgIpc) is 2.99. The van der Waals surface area contributed by atoms with Crippen LogP contribution in [0.4, 0.5) is 4.39 Å². The first kappa shape index (κ1) is 32.4. The zero-order valence-corrected chi connectivity index (χ0v) is 24.5. The van der Waals surface area contributed by atoms with Crippen LogP contribution in [0.5, 0.6) is 11.5 Å². The first-order valence-electron chi connectivity index (χ1n) is 15.1. The molecule has 0 saturated carbocycles. The number of esters is 1. The Bertz CT molecular complexity index is 1320. The molecule has 0 unspecified atom stereocenters. The molecule has 0 atom stereocenters. The van der Waals surface area contributed by atoms with Crippen molar-refractivity contribution >= 4 is 11.9 Å². The van der Waals surface area contributed by atoms with Gasteiger partial charge in [-0.1, -0.05) is 108 Å². The molecule has 0 bridgehead atoms. The van der Waals surface area contributed by atoms with Crippen LogP contribution < -0.4 is 9.47 Å². The Kier molecular flexibility index (Phi) is 14.2. The van der Waals surface area contributed by atoms with E-state index >= 15 is 0 Å². The number of rotatable bonds is 17. The number of benzene rings is 3. The number of ether oxygens (including phenoxy) is 2. The van der Waals surface area contributed by atoms with Crippen LogP contribution in [0.3, 0.4) is 0 Å². The monoisotopic (exact) mass is 572 g/mol. The van der Waals surface area contributed by atoms with E-state index in [4.69, 9.17) is 14.6 Å². The van der Waals surface area contributed by atoms with E-state index < -0.39 is 17.8 Å². The van der Waals surface area contributed by atoms with Gasteiger partial charge in [0.2, 0.25) is 0 Å². The van der Waals surface area contributed by atoms with Crippen molar-refractivity contribution in [3.8, 4) is 34.5 Å². The second-order valence-electron chi connectivity index (χ2n) is 10.4. The lowest BCUT2D eigenvalue weighted by molar-refractivity contribution is -0.128. The number of carboxylic acid groups (broad SMARTS) is 1. The molecule has 5 nitrogen and oxygen atoms in total. The van der Waals surface area contributed by atoms with E-state index in [1.807, 2.05) is 0 Å². The predicted molar refractivity (Wildman–Crippen MR) is 164 cm³/mol. The number of hydrogen-bond acceptors (Lipinski definition) is 4. The molecule has 222 valence electrons. The van der Waals surface area contributed by atoms with Gasteiger partial charge in [0, 0.05) is 11.5 Å². The minimum atomic E-state index is -0.984. The van der Waals surface area contributed by atoms with Crippen LogP contribution >= 0.6 is 0 Å². The summed E-state index contributed by atoms with van der Waals surface area (Å²) in [5.41, 5.74) is 2.23. The molecule has 3 aromatic rings. The Morgan fingerprint density at radius 2 is 1.29 bits per heavy atom. The van der Waals surface area contributed by atoms with Crippen LogP contribution in [-0.2, 0) is 4.79 Å². The highest BCUT2D eigenvalue weighted by Gasteiger charge is 2.07. The molecule has 1 N–H and O–H groups in total. The van der Waals surface area contributed by atoms with Crippen molar-refractivity contribution in [2.75, 3.05) is 6.61 Å². The molecule has 0 saturated heterocycles. The molecule has 0 aliphatic heterocycles. The summed E-state index contributed by atoms with van der Waals surface area (Å²) >= 11 is 0. The topological polar surface area (TPSA) is 72.8 Å². The standard InChI is InChI=1S/C36H41FO5/c1-2-3-4-5-6-7-8-9-10-11-12-13-26-41-34-24-14-28(27-33(34)37)15-25-35(38)42-32-22-20-30(21-23-32)29-16-18-31(19-17-29)36(39)40/h14,16-24,27H,2-13,26H2,1H3,(H,39,40). The van der Waals surface area contributed by atoms with Gasteiger partial charge in [-0.25, -0.2) is 14.0 Å². The van der Waals surface area contributed by atoms with Gasteiger partial charge in [-0.3, -0.25) is 0 Å². The van der Waals surface area contributed by atoms with Crippen LogP contribution in [-0.4, -0.2) is 23.7 Å². The molecular formula is C36H41FO5. The van der Waals surface area contributed by atoms with E-state index in [0.717, 1.165) is 24.0 Å². The quantitative estimate of drug-likeness (QED) is 0.0755. The number of carbonyl (C=O) groups is 2. The zero-order valence-electron chi connectivity index (χ0n) is 24.5. The van der Waals surface area contributed by atoms with E-state index in [0.29, 0.717) is 17.9 Å². The highest BCUT2D eigenvalue weighted by atomic mass is 19.1. The van der Waals surface area contributed by atoms with Gasteiger partial charge in [0.1, 0.15) is 5.75 Å². The van der Waals surface area contributed by atoms with Gasteiger partial charge in [-0.05, 0) is 60.0 Å². The number of hydrogen-bond donors (Lipinski definition) is 1. The van der Waals surface area contributed by atoms with Gasteiger partial charge >= 0.3 is 11.9 Å². The lowest BCUT2D eigenvalue weighted by Gasteiger charge is -2.07. The predicted octanol–water partition coefficient (Wildman–Crippen LogP) is 9.23. The molecule has 3 aromatic carbocycles. The molecule has 3 rings (SSSR count). The average molecular weight is 573 g/mol. The van der Waals surface area contributed by atoms with Crippen molar-refractivity contribution in [1.82, 2.24) is 0 Å². The minimum Gasteiger partial charge on any atom is -0.491 e. The summed E-state index contributed by atoms with van der Waals surface area (Å²) in [6.07, 6.45) is 15.1. The molecule has 0 aliphatic carbocycles. The fourth-order valence-electron chi connectivity index (χ4n) is 4.60. The maximum Gasteiger partial charge on any atom is 0.390 e. The number of halogens is 1. The summed E-state index contributed by atoms with van der Waals surface area (Å²) < 4.78 is 25.3. The van der Waals surface area contributed by atoms with Crippen molar-refractivity contribution in [3.05, 3.63) is 83.7 Å². The summed E-state index contributed by atoms with van der Waals surface area (Å²) in [4.78, 5) is 23.2. The fourth-order valence-corrected chi connectivity index (χ4v) is 4.60. The summed E-state index contributed by atoms with van der Waals surface area (Å²) in [5, 5.41) is 9.02. The largest absolute Gasteiger partial charge is 0.491 e. The molecular weight excluding hydrogens is 531 g/mol. The first-order valence-corrected chi connectivity index (χ1v) is 15.1. The number of unbranched alkanes of at least 4 members (excludes halogenated alkanes) is 11. The van der Waals surface area contributed by atoms with E-state index in [1.165, 1.54) is 88.5 Å². The normalized spacial score (nSPS) is 10.5. The molecule has 0 fully saturated rings. The van der Waals surface area contributed by atoms with Crippen molar-refractivity contribution in [3.63, 3.8) is 0 Å². The van der Waals surface area contributed by atoms with Crippen molar-refractivity contribution in [1.29, 1.82) is 0 Å². The van der Waals surface area contributed by atoms with Crippen LogP contribution in [0.1, 0.15) is 99.9 Å². The molecule has 0 aromatic heterocycles. The van der Waals surface area contributed by atoms with Gasteiger partial charge in [-0.2, -0.15) is 0 Å². The Balaban J connectivity index is 1.34. The summed E-state index contributed by atoms with van der Waals surface area (Å²) in [6, 6.07) is 17.7. The highest BCUT2D eigenvalue weighted by Crippen LogP contribution is 2.23. The molecule has 6 heteroatoms. The lowest BCUT2D eigenvalue weighted by atomic mass is 10.0. The molecule has 0 amide bonds. The molecule has 0 heterocycles. The first-order chi connectivity index (χ1) is 20.5. The van der Waals surface area contributed by atoms with E-state index in [9.17, 15) is 14.0 Å². The number of carbonyl (C=O) groups excluding carboxylic acids is 1. The summed E-state index contributed by atoms with van der Waals surface area (Å²) in [7, 11) is 0. The highest BCUT2D eigenvalue weighted by molar-refractivity contribution is 5.91. The van der Waals surface area contributed by atoms with Gasteiger partial charge in [-0.15, -0.1) is 0 Å². The van der Waals surface area contributed by atoms with Crippen molar-refractivity contribution < 1.29 is 28.6 Å². The molecule has 0 spiro atoms. The van der Waals surface area contributed by atoms with Crippen LogP contribution in [0.15, 0.2) is 66.7 Å². The minimum absolute atomic E-state index is 0.184. The second-order valence-corrected chi connectivity index (χ2v) is 10.4. The van der Waals surface area contributed by atoms with E-state index in [1.54, 1.807) is 42.5 Å². The van der Waals surface area contributed by atoms with Gasteiger partial charge < -0.3 is 14.6 Å². The van der Waals surface area contributed by atoms with Crippen molar-refractivity contribution in [2.45, 2.75) is 84.0 Å². The maximum absolute atomic E-state index is 14.5. The van der Waals surface area contributed by atoms with Crippen LogP contribution in [0.25, 0.3) is 11.1 Å². The van der Waals surface area contributed by atoms with E-state index in [-0.39, 0.29) is 11.3 Å². The van der Waals surface area contributed by atoms with Gasteiger partial charge in [0.15, 0.2) is 11.6 Å². The molecule has 0 aliphatic rings. The Morgan fingerprint density at radius 1 is 0.738 bits per heavy atom. The SMILES string of the molecule is CCCCCCCCCCCCCCOc1ccc(C#CC(=O)Oc2ccc(-c3ccc(C(=O)O)cc3)cc2)cc1F. The third-order valence-corrected chi connectivity index (χ3v) is 7.03. The third-order valence-electron chi connectivity index (χ3n) is 7.03. The Labute approximate surface area is 249 Å². The van der Waals surface area contributed by atoms with Gasteiger partial charge in [0.05, 0.1) is 12.2 Å². The Hall–Kier alpha value is -4.11. The lowest BCUT2D eigenvalue weighted by Crippen LogP contribution is -2.04. The summed E-state index contributed by atoms with van der Waals surface area (Å²) in [5.74, 6) is 3.25. The second kappa shape index (κ2) is 18.3. The fraction of sp³-hybridized carbons (Fsp3) is 0.389. The van der Waals surface area contributed by atoms with Crippen LogP contribution in [0, 0.1) is 17.7 Å². The van der Waals surface area contributed by atoms with E-state index in [2.05, 4.69) is 18.8 Å².